The van der Waals surface area contributed by atoms with E-state index in [2.05, 4.69) is 15.9 Å². The van der Waals surface area contributed by atoms with Gasteiger partial charge in [-0.1, -0.05) is 24.3 Å². The van der Waals surface area contributed by atoms with Crippen LogP contribution in [0, 0.1) is 0 Å². The average Bonchev–Trinajstić information content (AvgIpc) is 3.21. The summed E-state index contributed by atoms with van der Waals surface area (Å²) in [5.74, 6) is 2.26. The van der Waals surface area contributed by atoms with Crippen LogP contribution in [0.3, 0.4) is 0 Å². The van der Waals surface area contributed by atoms with Gasteiger partial charge in [-0.25, -0.2) is 4.79 Å². The number of alkyl halides is 3. The van der Waals surface area contributed by atoms with Crippen molar-refractivity contribution in [1.29, 1.82) is 0 Å². The highest BCUT2D eigenvalue weighted by molar-refractivity contribution is 7.99. The maximum absolute atomic E-state index is 12.5. The van der Waals surface area contributed by atoms with Crippen LogP contribution in [0.25, 0.3) is 10.8 Å². The van der Waals surface area contributed by atoms with Crippen LogP contribution < -0.4 is 8.92 Å². The van der Waals surface area contributed by atoms with E-state index in [1.54, 1.807) is 20.8 Å². The highest BCUT2D eigenvalue weighted by Crippen LogP contribution is 2.36. The van der Waals surface area contributed by atoms with Crippen molar-refractivity contribution < 1.29 is 40.0 Å². The van der Waals surface area contributed by atoms with Gasteiger partial charge in [0.25, 0.3) is 0 Å². The Morgan fingerprint density at radius 3 is 1.90 bits per heavy atom. The summed E-state index contributed by atoms with van der Waals surface area (Å²) in [6.45, 7) is 4.89. The Morgan fingerprint density at radius 2 is 1.45 bits per heavy atom. The van der Waals surface area contributed by atoms with Crippen LogP contribution in [-0.2, 0) is 14.9 Å². The normalized spacial score (nSPS) is 14.5. The SMILES string of the molecule is C1CCSC1.CC(C)(C)OC(=O)Oc1ccc(OS(=O)(=O)C(F)(F)F)c2ccccc12. The molecule has 2 aromatic carbocycles. The highest BCUT2D eigenvalue weighted by Gasteiger charge is 2.48. The molecule has 172 valence electrons. The Bertz CT molecular complexity index is 1000. The number of benzene rings is 2. The van der Waals surface area contributed by atoms with E-state index in [-0.39, 0.29) is 16.5 Å². The van der Waals surface area contributed by atoms with Crippen LogP contribution in [0.1, 0.15) is 33.6 Å². The lowest BCUT2D eigenvalue weighted by atomic mass is 10.1. The monoisotopic (exact) mass is 480 g/mol. The molecule has 0 N–H and O–H groups in total. The summed E-state index contributed by atoms with van der Waals surface area (Å²) in [6, 6.07) is 7.85. The number of thioether (sulfide) groups is 1. The van der Waals surface area contributed by atoms with Gasteiger partial charge >= 0.3 is 21.8 Å². The Morgan fingerprint density at radius 1 is 0.935 bits per heavy atom. The maximum atomic E-state index is 12.5. The molecule has 1 aliphatic rings. The summed E-state index contributed by atoms with van der Waals surface area (Å²) in [7, 11) is -5.83. The fraction of sp³-hybridized carbons (Fsp3) is 0.450. The smallest absolute Gasteiger partial charge is 0.428 e. The molecule has 1 aliphatic heterocycles. The van der Waals surface area contributed by atoms with Gasteiger partial charge in [0.15, 0.2) is 5.75 Å². The molecule has 11 heteroatoms. The fourth-order valence-corrected chi connectivity index (χ4v) is 3.94. The van der Waals surface area contributed by atoms with Crippen LogP contribution in [-0.4, -0.2) is 37.2 Å². The summed E-state index contributed by atoms with van der Waals surface area (Å²) in [6.07, 6.45) is 1.91. The number of ether oxygens (including phenoxy) is 2. The molecule has 1 fully saturated rings. The number of carbonyl (C=O) groups excluding carboxylic acids is 1. The van der Waals surface area contributed by atoms with Gasteiger partial charge < -0.3 is 13.7 Å². The first kappa shape index (κ1) is 25.1. The molecule has 0 amide bonds. The largest absolute Gasteiger partial charge is 0.534 e. The quantitative estimate of drug-likeness (QED) is 0.234. The number of hydrogen-bond acceptors (Lipinski definition) is 7. The number of fused-ring (bicyclic) bond motifs is 1. The van der Waals surface area contributed by atoms with Crippen molar-refractivity contribution in [2.45, 2.75) is 44.7 Å². The van der Waals surface area contributed by atoms with Crippen molar-refractivity contribution in [3.05, 3.63) is 36.4 Å². The molecular weight excluding hydrogens is 457 g/mol. The van der Waals surface area contributed by atoms with E-state index in [4.69, 9.17) is 9.47 Å². The van der Waals surface area contributed by atoms with E-state index in [1.807, 2.05) is 0 Å². The molecule has 0 unspecified atom stereocenters. The molecule has 31 heavy (non-hydrogen) atoms. The second-order valence-electron chi connectivity index (χ2n) is 7.48. The lowest BCUT2D eigenvalue weighted by Crippen LogP contribution is -2.28. The van der Waals surface area contributed by atoms with Gasteiger partial charge in [0, 0.05) is 10.8 Å². The van der Waals surface area contributed by atoms with Gasteiger partial charge in [0.05, 0.1) is 0 Å². The van der Waals surface area contributed by atoms with Crippen molar-refractivity contribution in [3.63, 3.8) is 0 Å². The van der Waals surface area contributed by atoms with E-state index >= 15 is 0 Å². The predicted molar refractivity (Wildman–Crippen MR) is 113 cm³/mol. The minimum Gasteiger partial charge on any atom is -0.428 e. The van der Waals surface area contributed by atoms with Gasteiger partial charge in [-0.2, -0.15) is 33.4 Å². The molecule has 6 nitrogen and oxygen atoms in total. The van der Waals surface area contributed by atoms with Gasteiger partial charge in [-0.15, -0.1) is 0 Å². The third-order valence-corrected chi connectivity index (χ3v) is 5.86. The van der Waals surface area contributed by atoms with Crippen LogP contribution in [0.4, 0.5) is 18.0 Å². The summed E-state index contributed by atoms with van der Waals surface area (Å²) in [5, 5.41) is 0.189. The van der Waals surface area contributed by atoms with E-state index in [1.165, 1.54) is 48.6 Å². The first-order valence-electron chi connectivity index (χ1n) is 9.31. The summed E-state index contributed by atoms with van der Waals surface area (Å²) < 4.78 is 74.3. The molecular formula is C20H23F3O6S2. The second-order valence-corrected chi connectivity index (χ2v) is 10.2. The molecule has 0 atom stereocenters. The molecule has 1 heterocycles. The minimum atomic E-state index is -5.83. The molecule has 0 aliphatic carbocycles. The zero-order chi connectivity index (χ0) is 23.3. The molecule has 3 rings (SSSR count). The van der Waals surface area contributed by atoms with Crippen molar-refractivity contribution in [1.82, 2.24) is 0 Å². The Balaban J connectivity index is 0.000000597. The number of rotatable bonds is 3. The molecule has 0 radical (unpaired) electrons. The third kappa shape index (κ3) is 7.49. The van der Waals surface area contributed by atoms with Gasteiger partial charge in [0.2, 0.25) is 0 Å². The standard InChI is InChI=1S/C16H15F3O6S.C4H8S/c1-15(2,3)24-14(20)23-12-8-9-13(11-7-5-4-6-10(11)12)25-26(21,22)16(17,18)19;1-2-4-5-3-1/h4-9H,1-3H3;1-4H2. The Labute approximate surface area is 183 Å². The van der Waals surface area contributed by atoms with E-state index in [0.29, 0.717) is 0 Å². The second kappa shape index (κ2) is 9.99. The maximum Gasteiger partial charge on any atom is 0.534 e. The number of carbonyl (C=O) groups is 1. The van der Waals surface area contributed by atoms with E-state index in [0.717, 1.165) is 12.1 Å². The van der Waals surface area contributed by atoms with Crippen LogP contribution >= 0.6 is 11.8 Å². The Kier molecular flexibility index (Phi) is 8.09. The highest BCUT2D eigenvalue weighted by atomic mass is 32.2. The first-order chi connectivity index (χ1) is 14.3. The van der Waals surface area contributed by atoms with Crippen LogP contribution in [0.15, 0.2) is 36.4 Å². The van der Waals surface area contributed by atoms with Gasteiger partial charge in [-0.05, 0) is 57.3 Å². The van der Waals surface area contributed by atoms with Crippen LogP contribution in [0.2, 0.25) is 0 Å². The molecule has 1 saturated heterocycles. The zero-order valence-corrected chi connectivity index (χ0v) is 18.8. The molecule has 0 bridgehead atoms. The minimum absolute atomic E-state index is 0.0152. The lowest BCUT2D eigenvalue weighted by Gasteiger charge is -2.19. The van der Waals surface area contributed by atoms with E-state index < -0.39 is 33.1 Å². The van der Waals surface area contributed by atoms with Crippen molar-refractivity contribution in [2.75, 3.05) is 11.5 Å². The zero-order valence-electron chi connectivity index (χ0n) is 17.2. The van der Waals surface area contributed by atoms with Crippen molar-refractivity contribution >= 4 is 38.8 Å². The van der Waals surface area contributed by atoms with Crippen molar-refractivity contribution in [3.8, 4) is 11.5 Å². The van der Waals surface area contributed by atoms with E-state index in [9.17, 15) is 26.4 Å². The third-order valence-electron chi connectivity index (χ3n) is 3.74. The summed E-state index contributed by atoms with van der Waals surface area (Å²) in [4.78, 5) is 11.8. The topological polar surface area (TPSA) is 78.9 Å². The molecule has 2 aromatic rings. The molecule has 0 aromatic heterocycles. The van der Waals surface area contributed by atoms with Crippen LogP contribution in [0.5, 0.6) is 11.5 Å². The summed E-state index contributed by atoms with van der Waals surface area (Å²) >= 11 is 2.07. The van der Waals surface area contributed by atoms with Gasteiger partial charge in [0.1, 0.15) is 11.4 Å². The Hall–Kier alpha value is -2.14. The fourth-order valence-electron chi connectivity index (χ4n) is 2.44. The predicted octanol–water partition coefficient (Wildman–Crippen LogP) is 5.90. The number of hydrogen-bond donors (Lipinski definition) is 0. The molecule has 0 spiro atoms. The number of halogens is 3. The summed E-state index contributed by atoms with van der Waals surface area (Å²) in [5.41, 5.74) is -6.38. The lowest BCUT2D eigenvalue weighted by molar-refractivity contribution is -0.0499. The molecule has 0 saturated carbocycles. The first-order valence-corrected chi connectivity index (χ1v) is 11.9. The van der Waals surface area contributed by atoms with Crippen molar-refractivity contribution in [2.24, 2.45) is 0 Å². The van der Waals surface area contributed by atoms with Gasteiger partial charge in [-0.3, -0.25) is 0 Å². The average molecular weight is 481 g/mol.